The standard InChI is InChI=1S/C13H24N2OS/c1-10(9-17-2)14-13(16)15-8-4-6-11-5-3-7-12(11)15/h10-12H,3-9H2,1-2H3,(H,14,16). The molecule has 98 valence electrons. The van der Waals surface area contributed by atoms with Gasteiger partial charge in [0.15, 0.2) is 0 Å². The summed E-state index contributed by atoms with van der Waals surface area (Å²) in [6, 6.07) is 0.979. The SMILES string of the molecule is CSCC(C)NC(=O)N1CCCC2CCCC21. The van der Waals surface area contributed by atoms with Crippen LogP contribution in [-0.2, 0) is 0 Å². The Hall–Kier alpha value is -0.380. The Balaban J connectivity index is 1.89. The Morgan fingerprint density at radius 1 is 1.41 bits per heavy atom. The van der Waals surface area contributed by atoms with E-state index in [1.54, 1.807) is 11.8 Å². The molecule has 4 heteroatoms. The topological polar surface area (TPSA) is 32.3 Å². The van der Waals surface area contributed by atoms with E-state index in [9.17, 15) is 4.79 Å². The minimum atomic E-state index is 0.170. The van der Waals surface area contributed by atoms with Gasteiger partial charge in [-0.2, -0.15) is 11.8 Å². The second-order valence-electron chi connectivity index (χ2n) is 5.40. The van der Waals surface area contributed by atoms with Gasteiger partial charge in [-0.1, -0.05) is 6.42 Å². The molecule has 1 aliphatic heterocycles. The van der Waals surface area contributed by atoms with Crippen molar-refractivity contribution < 1.29 is 4.79 Å². The number of carbonyl (C=O) groups is 1. The van der Waals surface area contributed by atoms with E-state index in [1.165, 1.54) is 32.1 Å². The van der Waals surface area contributed by atoms with Gasteiger partial charge >= 0.3 is 6.03 Å². The summed E-state index contributed by atoms with van der Waals surface area (Å²) in [4.78, 5) is 14.3. The molecule has 2 rings (SSSR count). The van der Waals surface area contributed by atoms with Gasteiger partial charge in [-0.05, 0) is 44.8 Å². The van der Waals surface area contributed by atoms with Gasteiger partial charge in [0.05, 0.1) is 0 Å². The van der Waals surface area contributed by atoms with Crippen LogP contribution in [-0.4, -0.2) is 41.6 Å². The molecule has 2 amide bonds. The maximum absolute atomic E-state index is 12.2. The summed E-state index contributed by atoms with van der Waals surface area (Å²) in [5, 5.41) is 3.13. The molecular weight excluding hydrogens is 232 g/mol. The predicted molar refractivity (Wildman–Crippen MR) is 73.4 cm³/mol. The summed E-state index contributed by atoms with van der Waals surface area (Å²) in [7, 11) is 0. The molecule has 2 fully saturated rings. The molecule has 1 saturated carbocycles. The Kier molecular flexibility index (Phi) is 4.60. The van der Waals surface area contributed by atoms with Crippen molar-refractivity contribution in [1.29, 1.82) is 0 Å². The summed E-state index contributed by atoms with van der Waals surface area (Å²) in [6.07, 6.45) is 8.44. The number of carbonyl (C=O) groups excluding carboxylic acids is 1. The number of nitrogens with one attached hydrogen (secondary N) is 1. The van der Waals surface area contributed by atoms with Gasteiger partial charge in [0.25, 0.3) is 0 Å². The monoisotopic (exact) mass is 256 g/mol. The molecule has 0 aromatic rings. The van der Waals surface area contributed by atoms with Crippen LogP contribution >= 0.6 is 11.8 Å². The van der Waals surface area contributed by atoms with Crippen LogP contribution in [0.2, 0.25) is 0 Å². The molecule has 1 heterocycles. The van der Waals surface area contributed by atoms with Crippen molar-refractivity contribution in [2.24, 2.45) is 5.92 Å². The van der Waals surface area contributed by atoms with E-state index in [1.807, 2.05) is 0 Å². The zero-order valence-corrected chi connectivity index (χ0v) is 11.8. The van der Waals surface area contributed by atoms with Crippen molar-refractivity contribution in [1.82, 2.24) is 10.2 Å². The third kappa shape index (κ3) is 3.09. The van der Waals surface area contributed by atoms with Gasteiger partial charge in [0, 0.05) is 24.4 Å². The molecule has 0 aromatic heterocycles. The first-order valence-corrected chi connectivity index (χ1v) is 8.18. The Labute approximate surface area is 109 Å². The third-order valence-electron chi connectivity index (χ3n) is 4.04. The van der Waals surface area contributed by atoms with Crippen LogP contribution in [0, 0.1) is 5.92 Å². The first-order valence-electron chi connectivity index (χ1n) is 6.78. The number of nitrogens with zero attached hydrogens (tertiary/aromatic N) is 1. The van der Waals surface area contributed by atoms with E-state index in [4.69, 9.17) is 0 Å². The number of hydrogen-bond donors (Lipinski definition) is 1. The fourth-order valence-corrected chi connectivity index (χ4v) is 3.87. The molecule has 3 unspecified atom stereocenters. The Bertz CT molecular complexity index is 272. The second kappa shape index (κ2) is 5.98. The summed E-state index contributed by atoms with van der Waals surface area (Å²) < 4.78 is 0. The zero-order chi connectivity index (χ0) is 12.3. The van der Waals surface area contributed by atoms with E-state index in [0.717, 1.165) is 18.2 Å². The summed E-state index contributed by atoms with van der Waals surface area (Å²) in [6.45, 7) is 3.05. The van der Waals surface area contributed by atoms with Crippen molar-refractivity contribution in [3.63, 3.8) is 0 Å². The third-order valence-corrected chi connectivity index (χ3v) is 4.87. The van der Waals surface area contributed by atoms with E-state index >= 15 is 0 Å². The average Bonchev–Trinajstić information content (AvgIpc) is 2.76. The fraction of sp³-hybridized carbons (Fsp3) is 0.923. The molecule has 1 N–H and O–H groups in total. The molecule has 0 bridgehead atoms. The Morgan fingerprint density at radius 2 is 2.18 bits per heavy atom. The maximum Gasteiger partial charge on any atom is 0.317 e. The van der Waals surface area contributed by atoms with Crippen LogP contribution < -0.4 is 5.32 Å². The first kappa shape index (κ1) is 13.1. The molecule has 0 radical (unpaired) electrons. The highest BCUT2D eigenvalue weighted by Gasteiger charge is 2.37. The molecule has 3 atom stereocenters. The zero-order valence-electron chi connectivity index (χ0n) is 10.9. The van der Waals surface area contributed by atoms with Crippen LogP contribution in [0.3, 0.4) is 0 Å². The van der Waals surface area contributed by atoms with Crippen LogP contribution in [0.25, 0.3) is 0 Å². The molecule has 3 nitrogen and oxygen atoms in total. The molecule has 1 saturated heterocycles. The minimum Gasteiger partial charge on any atom is -0.335 e. The molecule has 1 aliphatic carbocycles. The van der Waals surface area contributed by atoms with Gasteiger partial charge in [0.2, 0.25) is 0 Å². The van der Waals surface area contributed by atoms with E-state index in [-0.39, 0.29) is 12.1 Å². The number of amides is 2. The number of piperidine rings is 1. The minimum absolute atomic E-state index is 0.170. The highest BCUT2D eigenvalue weighted by Crippen LogP contribution is 2.36. The van der Waals surface area contributed by atoms with Crippen LogP contribution in [0.4, 0.5) is 4.79 Å². The fourth-order valence-electron chi connectivity index (χ4n) is 3.29. The van der Waals surface area contributed by atoms with Crippen LogP contribution in [0.15, 0.2) is 0 Å². The number of likely N-dealkylation sites (tertiary alicyclic amines) is 1. The number of fused-ring (bicyclic) bond motifs is 1. The van der Waals surface area contributed by atoms with Crippen molar-refractivity contribution in [2.75, 3.05) is 18.6 Å². The predicted octanol–water partition coefficient (Wildman–Crippen LogP) is 2.71. The van der Waals surface area contributed by atoms with Gasteiger partial charge in [-0.15, -0.1) is 0 Å². The lowest BCUT2D eigenvalue weighted by Gasteiger charge is -2.38. The summed E-state index contributed by atoms with van der Waals surface area (Å²) >= 11 is 1.78. The largest absolute Gasteiger partial charge is 0.335 e. The van der Waals surface area contributed by atoms with Gasteiger partial charge in [0.1, 0.15) is 0 Å². The maximum atomic E-state index is 12.2. The van der Waals surface area contributed by atoms with Crippen molar-refractivity contribution >= 4 is 17.8 Å². The Morgan fingerprint density at radius 3 is 2.94 bits per heavy atom. The lowest BCUT2D eigenvalue weighted by Crippen LogP contribution is -2.52. The molecule has 0 spiro atoms. The quantitative estimate of drug-likeness (QED) is 0.842. The van der Waals surface area contributed by atoms with Crippen LogP contribution in [0.5, 0.6) is 0 Å². The summed E-state index contributed by atoms with van der Waals surface area (Å²) in [5.41, 5.74) is 0. The van der Waals surface area contributed by atoms with E-state index in [0.29, 0.717) is 6.04 Å². The summed E-state index contributed by atoms with van der Waals surface area (Å²) in [5.74, 6) is 1.78. The van der Waals surface area contributed by atoms with E-state index < -0.39 is 0 Å². The van der Waals surface area contributed by atoms with Gasteiger partial charge < -0.3 is 10.2 Å². The highest BCUT2D eigenvalue weighted by atomic mass is 32.2. The second-order valence-corrected chi connectivity index (χ2v) is 6.31. The van der Waals surface area contributed by atoms with Crippen LogP contribution in [0.1, 0.15) is 39.0 Å². The number of urea groups is 1. The highest BCUT2D eigenvalue weighted by molar-refractivity contribution is 7.98. The smallest absolute Gasteiger partial charge is 0.317 e. The molecule has 17 heavy (non-hydrogen) atoms. The molecule has 2 aliphatic rings. The van der Waals surface area contributed by atoms with Crippen molar-refractivity contribution in [3.8, 4) is 0 Å². The first-order chi connectivity index (χ1) is 8.22. The number of thioether (sulfide) groups is 1. The molecule has 0 aromatic carbocycles. The van der Waals surface area contributed by atoms with E-state index in [2.05, 4.69) is 23.4 Å². The lowest BCUT2D eigenvalue weighted by molar-refractivity contribution is 0.127. The molecular formula is C13H24N2OS. The van der Waals surface area contributed by atoms with Crippen molar-refractivity contribution in [2.45, 2.75) is 51.1 Å². The number of rotatable bonds is 3. The number of hydrogen-bond acceptors (Lipinski definition) is 2. The average molecular weight is 256 g/mol. The van der Waals surface area contributed by atoms with Gasteiger partial charge in [-0.25, -0.2) is 4.79 Å². The van der Waals surface area contributed by atoms with Gasteiger partial charge in [-0.3, -0.25) is 0 Å². The lowest BCUT2D eigenvalue weighted by atomic mass is 9.92. The normalized spacial score (nSPS) is 29.9. The van der Waals surface area contributed by atoms with Crippen molar-refractivity contribution in [3.05, 3.63) is 0 Å².